The quantitative estimate of drug-likeness (QED) is 0.753. The maximum atomic E-state index is 12.6. The van der Waals surface area contributed by atoms with Crippen molar-refractivity contribution >= 4 is 5.91 Å². The molecule has 0 radical (unpaired) electrons. The van der Waals surface area contributed by atoms with Crippen molar-refractivity contribution < 1.29 is 14.3 Å². The number of carbonyl (C=O) groups is 1. The van der Waals surface area contributed by atoms with Gasteiger partial charge in [0.25, 0.3) is 0 Å². The van der Waals surface area contributed by atoms with E-state index >= 15 is 0 Å². The third kappa shape index (κ3) is 5.15. The number of likely N-dealkylation sites (tertiary alicyclic amines) is 1. The van der Waals surface area contributed by atoms with E-state index in [2.05, 4.69) is 9.80 Å². The van der Waals surface area contributed by atoms with Gasteiger partial charge < -0.3 is 14.4 Å². The van der Waals surface area contributed by atoms with Crippen LogP contribution in [0, 0.1) is 5.92 Å². The summed E-state index contributed by atoms with van der Waals surface area (Å²) in [6.45, 7) is 13.3. The van der Waals surface area contributed by atoms with E-state index in [9.17, 15) is 4.79 Å². The number of morpholine rings is 2. The topological polar surface area (TPSA) is 45.3 Å². The van der Waals surface area contributed by atoms with Crippen molar-refractivity contribution in [2.24, 2.45) is 5.92 Å². The van der Waals surface area contributed by atoms with Gasteiger partial charge in [0.15, 0.2) is 0 Å². The second kappa shape index (κ2) is 8.61. The Labute approximate surface area is 146 Å². The summed E-state index contributed by atoms with van der Waals surface area (Å²) in [4.78, 5) is 19.4. The molecule has 3 saturated heterocycles. The van der Waals surface area contributed by atoms with E-state index in [1.165, 1.54) is 19.4 Å². The van der Waals surface area contributed by atoms with Crippen molar-refractivity contribution in [3.63, 3.8) is 0 Å². The zero-order valence-corrected chi connectivity index (χ0v) is 15.3. The Morgan fingerprint density at radius 2 is 1.58 bits per heavy atom. The summed E-state index contributed by atoms with van der Waals surface area (Å²) in [7, 11) is 0. The first kappa shape index (κ1) is 18.1. The van der Waals surface area contributed by atoms with Crippen LogP contribution in [0.3, 0.4) is 0 Å². The molecule has 0 saturated carbocycles. The van der Waals surface area contributed by atoms with Crippen molar-refractivity contribution in [1.29, 1.82) is 0 Å². The molecule has 6 heteroatoms. The van der Waals surface area contributed by atoms with Crippen LogP contribution in [0.25, 0.3) is 0 Å². The smallest absolute Gasteiger partial charge is 0.236 e. The van der Waals surface area contributed by atoms with Gasteiger partial charge in [-0.1, -0.05) is 0 Å². The average molecular weight is 339 g/mol. The summed E-state index contributed by atoms with van der Waals surface area (Å²) in [5.74, 6) is 1.04. The summed E-state index contributed by atoms with van der Waals surface area (Å²) < 4.78 is 11.1. The van der Waals surface area contributed by atoms with Gasteiger partial charge in [0, 0.05) is 32.7 Å². The normalized spacial score (nSPS) is 31.3. The van der Waals surface area contributed by atoms with Gasteiger partial charge in [-0.25, -0.2) is 0 Å². The zero-order valence-electron chi connectivity index (χ0n) is 15.3. The Balaban J connectivity index is 1.37. The lowest BCUT2D eigenvalue weighted by Crippen LogP contribution is -2.52. The van der Waals surface area contributed by atoms with Gasteiger partial charge in [0.2, 0.25) is 5.91 Å². The lowest BCUT2D eigenvalue weighted by Gasteiger charge is -2.38. The highest BCUT2D eigenvalue weighted by Crippen LogP contribution is 2.19. The van der Waals surface area contributed by atoms with Crippen molar-refractivity contribution in [2.45, 2.75) is 38.9 Å². The molecule has 2 unspecified atom stereocenters. The number of hydrogen-bond donors (Lipinski definition) is 0. The molecule has 0 spiro atoms. The predicted molar refractivity (Wildman–Crippen MR) is 93.0 cm³/mol. The number of rotatable bonds is 4. The summed E-state index contributed by atoms with van der Waals surface area (Å²) in [6, 6.07) is 0. The zero-order chi connectivity index (χ0) is 16.9. The van der Waals surface area contributed by atoms with Crippen LogP contribution in [-0.2, 0) is 14.3 Å². The first-order valence-electron chi connectivity index (χ1n) is 9.56. The number of amides is 1. The maximum absolute atomic E-state index is 12.6. The van der Waals surface area contributed by atoms with E-state index in [-0.39, 0.29) is 18.1 Å². The predicted octanol–water partition coefficient (Wildman–Crippen LogP) is 0.666. The Kier molecular flexibility index (Phi) is 6.49. The fraction of sp³-hybridized carbons (Fsp3) is 0.944. The van der Waals surface area contributed by atoms with E-state index in [0.717, 1.165) is 58.4 Å². The van der Waals surface area contributed by atoms with Crippen LogP contribution < -0.4 is 0 Å². The standard InChI is InChI=1S/C18H33N3O3/c1-15-11-21(12-16(2)24-15)18(22)14-19-5-3-17(4-6-19)13-20-7-9-23-10-8-20/h15-17H,3-14H2,1-2H3. The number of piperidine rings is 1. The molecule has 3 aliphatic rings. The van der Waals surface area contributed by atoms with Crippen molar-refractivity contribution in [1.82, 2.24) is 14.7 Å². The first-order chi connectivity index (χ1) is 11.6. The van der Waals surface area contributed by atoms with Crippen molar-refractivity contribution in [3.05, 3.63) is 0 Å². The number of ether oxygens (including phenoxy) is 2. The number of carbonyl (C=O) groups excluding carboxylic acids is 1. The Hall–Kier alpha value is -0.690. The molecule has 1 amide bonds. The highest BCUT2D eigenvalue weighted by molar-refractivity contribution is 5.78. The van der Waals surface area contributed by atoms with Crippen LogP contribution in [-0.4, -0.2) is 98.4 Å². The molecule has 3 fully saturated rings. The fourth-order valence-electron chi connectivity index (χ4n) is 4.15. The minimum absolute atomic E-state index is 0.150. The molecule has 3 heterocycles. The van der Waals surface area contributed by atoms with Crippen molar-refractivity contribution in [3.8, 4) is 0 Å². The lowest BCUT2D eigenvalue weighted by atomic mass is 9.96. The molecule has 6 nitrogen and oxygen atoms in total. The van der Waals surface area contributed by atoms with Gasteiger partial charge in [0.1, 0.15) is 0 Å². The molecule has 0 bridgehead atoms. The lowest BCUT2D eigenvalue weighted by molar-refractivity contribution is -0.144. The highest BCUT2D eigenvalue weighted by atomic mass is 16.5. The van der Waals surface area contributed by atoms with Gasteiger partial charge in [0.05, 0.1) is 32.0 Å². The van der Waals surface area contributed by atoms with Gasteiger partial charge in [-0.2, -0.15) is 0 Å². The van der Waals surface area contributed by atoms with E-state index < -0.39 is 0 Å². The summed E-state index contributed by atoms with van der Waals surface area (Å²) in [6.07, 6.45) is 2.72. The third-order valence-corrected chi connectivity index (χ3v) is 5.46. The molecule has 0 aliphatic carbocycles. The average Bonchev–Trinajstić information content (AvgIpc) is 2.57. The maximum Gasteiger partial charge on any atom is 0.236 e. The Morgan fingerprint density at radius 1 is 0.958 bits per heavy atom. The molecule has 2 atom stereocenters. The monoisotopic (exact) mass is 339 g/mol. The summed E-state index contributed by atoms with van der Waals surface area (Å²) in [5, 5.41) is 0. The second-order valence-corrected chi connectivity index (χ2v) is 7.69. The molecular formula is C18H33N3O3. The first-order valence-corrected chi connectivity index (χ1v) is 9.56. The van der Waals surface area contributed by atoms with E-state index in [4.69, 9.17) is 9.47 Å². The van der Waals surface area contributed by atoms with Gasteiger partial charge in [-0.15, -0.1) is 0 Å². The highest BCUT2D eigenvalue weighted by Gasteiger charge is 2.28. The molecule has 0 aromatic heterocycles. The van der Waals surface area contributed by atoms with Gasteiger partial charge >= 0.3 is 0 Å². The van der Waals surface area contributed by atoms with Gasteiger partial charge in [-0.05, 0) is 45.7 Å². The van der Waals surface area contributed by atoms with Crippen molar-refractivity contribution in [2.75, 3.05) is 65.6 Å². The fourth-order valence-corrected chi connectivity index (χ4v) is 4.15. The molecule has 3 rings (SSSR count). The molecular weight excluding hydrogens is 306 g/mol. The molecule has 0 aromatic rings. The molecule has 0 aromatic carbocycles. The van der Waals surface area contributed by atoms with Crippen LogP contribution in [0.15, 0.2) is 0 Å². The third-order valence-electron chi connectivity index (χ3n) is 5.46. The molecule has 24 heavy (non-hydrogen) atoms. The summed E-state index contributed by atoms with van der Waals surface area (Å²) in [5.41, 5.74) is 0. The largest absolute Gasteiger partial charge is 0.379 e. The second-order valence-electron chi connectivity index (χ2n) is 7.69. The van der Waals surface area contributed by atoms with Crippen LogP contribution in [0.1, 0.15) is 26.7 Å². The van der Waals surface area contributed by atoms with E-state index in [1.807, 2.05) is 18.7 Å². The van der Waals surface area contributed by atoms with Crippen LogP contribution in [0.4, 0.5) is 0 Å². The Morgan fingerprint density at radius 3 is 2.21 bits per heavy atom. The minimum Gasteiger partial charge on any atom is -0.379 e. The molecule has 3 aliphatic heterocycles. The Bertz CT molecular complexity index is 396. The SMILES string of the molecule is CC1CN(C(=O)CN2CCC(CN3CCOCC3)CC2)CC(C)O1. The minimum atomic E-state index is 0.150. The number of nitrogens with zero attached hydrogens (tertiary/aromatic N) is 3. The van der Waals surface area contributed by atoms with E-state index in [0.29, 0.717) is 6.54 Å². The molecule has 0 N–H and O–H groups in total. The molecule has 138 valence electrons. The van der Waals surface area contributed by atoms with Crippen LogP contribution in [0.2, 0.25) is 0 Å². The van der Waals surface area contributed by atoms with Crippen LogP contribution in [0.5, 0.6) is 0 Å². The van der Waals surface area contributed by atoms with Gasteiger partial charge in [-0.3, -0.25) is 14.6 Å². The van der Waals surface area contributed by atoms with E-state index in [1.54, 1.807) is 0 Å². The van der Waals surface area contributed by atoms with Crippen LogP contribution >= 0.6 is 0 Å². The summed E-state index contributed by atoms with van der Waals surface area (Å²) >= 11 is 0. The number of hydrogen-bond acceptors (Lipinski definition) is 5.